The first kappa shape index (κ1) is 12.8. The van der Waals surface area contributed by atoms with Crippen LogP contribution in [0, 0.1) is 20.8 Å². The van der Waals surface area contributed by atoms with E-state index in [2.05, 4.69) is 32.9 Å². The summed E-state index contributed by atoms with van der Waals surface area (Å²) >= 11 is 1.79. The fourth-order valence-electron chi connectivity index (χ4n) is 3.08. The maximum Gasteiger partial charge on any atom is 0.124 e. The normalized spacial score (nSPS) is 18.4. The van der Waals surface area contributed by atoms with Crippen molar-refractivity contribution < 1.29 is 0 Å². The third kappa shape index (κ3) is 2.21. The molecule has 0 amide bonds. The number of benzene rings is 1. The van der Waals surface area contributed by atoms with Gasteiger partial charge in [0.05, 0.1) is 5.69 Å². The average Bonchev–Trinajstić information content (AvgIpc) is 2.72. The van der Waals surface area contributed by atoms with E-state index >= 15 is 0 Å². The molecule has 0 fully saturated rings. The molecule has 3 heteroatoms. The maximum atomic E-state index is 6.21. The molecule has 1 atom stereocenters. The lowest BCUT2D eigenvalue weighted by atomic mass is 9.98. The van der Waals surface area contributed by atoms with Crippen molar-refractivity contribution in [3.8, 4) is 10.6 Å². The Morgan fingerprint density at radius 2 is 1.89 bits per heavy atom. The van der Waals surface area contributed by atoms with Crippen LogP contribution < -0.4 is 5.73 Å². The van der Waals surface area contributed by atoms with Gasteiger partial charge in [-0.1, -0.05) is 17.7 Å². The number of aromatic nitrogens is 1. The number of thiazole rings is 1. The van der Waals surface area contributed by atoms with Crippen LogP contribution in [0.15, 0.2) is 12.1 Å². The van der Waals surface area contributed by atoms with Crippen molar-refractivity contribution in [2.24, 2.45) is 5.73 Å². The van der Waals surface area contributed by atoms with Crippen molar-refractivity contribution in [3.63, 3.8) is 0 Å². The highest BCUT2D eigenvalue weighted by molar-refractivity contribution is 7.15. The fraction of sp³-hybridized carbons (Fsp3) is 0.438. The Bertz CT molecular complexity index is 605. The quantitative estimate of drug-likeness (QED) is 0.850. The van der Waals surface area contributed by atoms with E-state index in [9.17, 15) is 0 Å². The van der Waals surface area contributed by atoms with Gasteiger partial charge in [-0.2, -0.15) is 0 Å². The second-order valence-corrected chi connectivity index (χ2v) is 6.63. The highest BCUT2D eigenvalue weighted by Crippen LogP contribution is 2.39. The Labute approximate surface area is 118 Å². The van der Waals surface area contributed by atoms with E-state index in [1.54, 1.807) is 11.3 Å². The SMILES string of the molecule is Cc1cc(C)c(-c2nc3c(s2)C(N)CCC3)c(C)c1. The number of rotatable bonds is 1. The van der Waals surface area contributed by atoms with Crippen LogP contribution in [-0.4, -0.2) is 4.98 Å². The van der Waals surface area contributed by atoms with E-state index in [0.29, 0.717) is 0 Å². The molecule has 0 bridgehead atoms. The highest BCUT2D eigenvalue weighted by atomic mass is 32.1. The molecule has 3 rings (SSSR count). The molecule has 2 nitrogen and oxygen atoms in total. The summed E-state index contributed by atoms with van der Waals surface area (Å²) in [4.78, 5) is 6.17. The van der Waals surface area contributed by atoms with Gasteiger partial charge in [0.15, 0.2) is 0 Å². The lowest BCUT2D eigenvalue weighted by molar-refractivity contribution is 0.573. The number of hydrogen-bond donors (Lipinski definition) is 1. The first-order valence-electron chi connectivity index (χ1n) is 6.89. The van der Waals surface area contributed by atoms with E-state index in [-0.39, 0.29) is 6.04 Å². The van der Waals surface area contributed by atoms with Gasteiger partial charge in [0, 0.05) is 16.5 Å². The second kappa shape index (κ2) is 4.73. The monoisotopic (exact) mass is 272 g/mol. The molecule has 1 heterocycles. The molecular weight excluding hydrogens is 252 g/mol. The number of fused-ring (bicyclic) bond motifs is 1. The average molecular weight is 272 g/mol. The van der Waals surface area contributed by atoms with Crippen LogP contribution in [-0.2, 0) is 6.42 Å². The molecule has 19 heavy (non-hydrogen) atoms. The molecule has 0 spiro atoms. The zero-order valence-corrected chi connectivity index (χ0v) is 12.6. The molecule has 0 saturated carbocycles. The topological polar surface area (TPSA) is 38.9 Å². The summed E-state index contributed by atoms with van der Waals surface area (Å²) in [5.41, 5.74) is 12.7. The van der Waals surface area contributed by atoms with Crippen molar-refractivity contribution in [1.82, 2.24) is 4.98 Å². The van der Waals surface area contributed by atoms with Crippen LogP contribution in [0.5, 0.6) is 0 Å². The van der Waals surface area contributed by atoms with Crippen LogP contribution in [0.4, 0.5) is 0 Å². The summed E-state index contributed by atoms with van der Waals surface area (Å²) in [6, 6.07) is 4.67. The molecule has 2 aromatic rings. The molecule has 100 valence electrons. The summed E-state index contributed by atoms with van der Waals surface area (Å²) in [6.45, 7) is 6.50. The first-order chi connectivity index (χ1) is 9.06. The molecule has 1 aromatic heterocycles. The van der Waals surface area contributed by atoms with Crippen LogP contribution in [0.1, 0.15) is 46.1 Å². The summed E-state index contributed by atoms with van der Waals surface area (Å²) < 4.78 is 0. The van der Waals surface area contributed by atoms with Gasteiger partial charge in [0.25, 0.3) is 0 Å². The molecule has 1 aliphatic carbocycles. The van der Waals surface area contributed by atoms with Crippen LogP contribution >= 0.6 is 11.3 Å². The summed E-state index contributed by atoms with van der Waals surface area (Å²) in [6.07, 6.45) is 3.35. The Balaban J connectivity index is 2.13. The second-order valence-electron chi connectivity index (χ2n) is 5.60. The smallest absolute Gasteiger partial charge is 0.124 e. The number of hydrogen-bond acceptors (Lipinski definition) is 3. The number of nitrogens with two attached hydrogens (primary N) is 1. The molecule has 2 N–H and O–H groups in total. The predicted molar refractivity (Wildman–Crippen MR) is 81.6 cm³/mol. The van der Waals surface area contributed by atoms with E-state index in [1.807, 2.05) is 0 Å². The van der Waals surface area contributed by atoms with Gasteiger partial charge in [-0.25, -0.2) is 4.98 Å². The van der Waals surface area contributed by atoms with E-state index in [0.717, 1.165) is 17.8 Å². The lowest BCUT2D eigenvalue weighted by Gasteiger charge is -2.15. The molecule has 1 aliphatic rings. The van der Waals surface area contributed by atoms with Gasteiger partial charge >= 0.3 is 0 Å². The van der Waals surface area contributed by atoms with E-state index < -0.39 is 0 Å². The maximum absolute atomic E-state index is 6.21. The van der Waals surface area contributed by atoms with Gasteiger partial charge in [-0.3, -0.25) is 0 Å². The van der Waals surface area contributed by atoms with Gasteiger partial charge in [0.1, 0.15) is 5.01 Å². The number of nitrogens with zero attached hydrogens (tertiary/aromatic N) is 1. The Morgan fingerprint density at radius 3 is 2.53 bits per heavy atom. The summed E-state index contributed by atoms with van der Waals surface area (Å²) in [7, 11) is 0. The molecule has 0 aliphatic heterocycles. The molecule has 1 aromatic carbocycles. The number of aryl methyl sites for hydroxylation is 4. The van der Waals surface area contributed by atoms with Crippen molar-refractivity contribution in [3.05, 3.63) is 39.4 Å². The van der Waals surface area contributed by atoms with Gasteiger partial charge in [-0.15, -0.1) is 11.3 Å². The zero-order valence-electron chi connectivity index (χ0n) is 11.8. The van der Waals surface area contributed by atoms with Crippen molar-refractivity contribution >= 4 is 11.3 Å². The Morgan fingerprint density at radius 1 is 1.21 bits per heavy atom. The van der Waals surface area contributed by atoms with E-state index in [4.69, 9.17) is 10.7 Å². The largest absolute Gasteiger partial charge is 0.323 e. The molecule has 0 saturated heterocycles. The Hall–Kier alpha value is -1.19. The fourth-order valence-corrected chi connectivity index (χ4v) is 4.40. The van der Waals surface area contributed by atoms with Crippen LogP contribution in [0.3, 0.4) is 0 Å². The third-order valence-corrected chi connectivity index (χ3v) is 5.13. The molecule has 1 unspecified atom stereocenters. The van der Waals surface area contributed by atoms with E-state index in [1.165, 1.54) is 39.2 Å². The summed E-state index contributed by atoms with van der Waals surface area (Å²) in [5.74, 6) is 0. The van der Waals surface area contributed by atoms with Crippen molar-refractivity contribution in [2.75, 3.05) is 0 Å². The standard InChI is InChI=1S/C16H20N2S/c1-9-7-10(2)14(11(3)8-9)16-18-13-6-4-5-12(17)15(13)19-16/h7-8,12H,4-6,17H2,1-3H3. The molecular formula is C16H20N2S. The van der Waals surface area contributed by atoms with Gasteiger partial charge in [0.2, 0.25) is 0 Å². The molecule has 0 radical (unpaired) electrons. The van der Waals surface area contributed by atoms with Crippen LogP contribution in [0.25, 0.3) is 10.6 Å². The van der Waals surface area contributed by atoms with Crippen molar-refractivity contribution in [2.45, 2.75) is 46.1 Å². The Kier molecular flexibility index (Phi) is 3.19. The lowest BCUT2D eigenvalue weighted by Crippen LogP contribution is -2.15. The third-order valence-electron chi connectivity index (χ3n) is 3.88. The summed E-state index contributed by atoms with van der Waals surface area (Å²) in [5, 5.41) is 1.15. The van der Waals surface area contributed by atoms with Gasteiger partial charge < -0.3 is 5.73 Å². The predicted octanol–water partition coefficient (Wildman–Crippen LogP) is 4.07. The minimum absolute atomic E-state index is 0.195. The highest BCUT2D eigenvalue weighted by Gasteiger charge is 2.23. The minimum Gasteiger partial charge on any atom is -0.323 e. The zero-order chi connectivity index (χ0) is 13.6. The van der Waals surface area contributed by atoms with Crippen LogP contribution in [0.2, 0.25) is 0 Å². The van der Waals surface area contributed by atoms with Gasteiger partial charge in [-0.05, 0) is 51.2 Å². The van der Waals surface area contributed by atoms with Crippen molar-refractivity contribution in [1.29, 1.82) is 0 Å². The first-order valence-corrected chi connectivity index (χ1v) is 7.71. The minimum atomic E-state index is 0.195.